The van der Waals surface area contributed by atoms with Crippen LogP contribution in [0.2, 0.25) is 0 Å². The maximum absolute atomic E-state index is 10.3. The molecular weight excluding hydrogens is 248 g/mol. The van der Waals surface area contributed by atoms with Crippen molar-refractivity contribution in [1.29, 1.82) is 0 Å². The molecule has 0 bridgehead atoms. The molecule has 0 spiro atoms. The quantitative estimate of drug-likeness (QED) is 0.783. The Morgan fingerprint density at radius 2 is 2.15 bits per heavy atom. The first-order valence-electron chi connectivity index (χ1n) is 8.20. The van der Waals surface area contributed by atoms with Crippen molar-refractivity contribution in [2.24, 2.45) is 22.7 Å². The molecule has 0 aromatic rings. The molecule has 0 heterocycles. The van der Waals surface area contributed by atoms with E-state index in [-0.39, 0.29) is 16.9 Å². The van der Waals surface area contributed by atoms with E-state index in [1.165, 1.54) is 12.0 Å². The average molecular weight is 280 g/mol. The summed E-state index contributed by atoms with van der Waals surface area (Å²) in [7, 11) is 0. The van der Waals surface area contributed by atoms with Crippen LogP contribution in [0.3, 0.4) is 0 Å². The highest BCUT2D eigenvalue weighted by atomic mass is 16.5. The number of aliphatic hydroxyl groups excluding tert-OH is 1. The van der Waals surface area contributed by atoms with Gasteiger partial charge in [-0.25, -0.2) is 0 Å². The summed E-state index contributed by atoms with van der Waals surface area (Å²) in [6, 6.07) is 0. The zero-order valence-electron chi connectivity index (χ0n) is 13.9. The van der Waals surface area contributed by atoms with Gasteiger partial charge in [0.15, 0.2) is 0 Å². The van der Waals surface area contributed by atoms with E-state index in [0.717, 1.165) is 32.5 Å². The van der Waals surface area contributed by atoms with Crippen LogP contribution in [0, 0.1) is 22.7 Å². The highest BCUT2D eigenvalue weighted by molar-refractivity contribution is 5.26. The zero-order valence-corrected chi connectivity index (χ0v) is 13.9. The van der Waals surface area contributed by atoms with E-state index in [2.05, 4.69) is 40.7 Å². The van der Waals surface area contributed by atoms with E-state index in [4.69, 9.17) is 4.74 Å². The Balaban J connectivity index is 1.95. The van der Waals surface area contributed by atoms with Crippen molar-refractivity contribution in [2.75, 3.05) is 13.2 Å². The van der Waals surface area contributed by atoms with E-state index < -0.39 is 0 Å². The van der Waals surface area contributed by atoms with Crippen molar-refractivity contribution in [3.63, 3.8) is 0 Å². The van der Waals surface area contributed by atoms with E-state index in [9.17, 15) is 5.11 Å². The van der Waals surface area contributed by atoms with Crippen LogP contribution < -0.4 is 0 Å². The van der Waals surface area contributed by atoms with Gasteiger partial charge >= 0.3 is 0 Å². The second-order valence-corrected chi connectivity index (χ2v) is 8.36. The lowest BCUT2D eigenvalue weighted by atomic mass is 9.63. The van der Waals surface area contributed by atoms with Crippen LogP contribution in [0.25, 0.3) is 0 Å². The normalized spacial score (nSPS) is 35.6. The van der Waals surface area contributed by atoms with Crippen LogP contribution in [0.5, 0.6) is 0 Å². The van der Waals surface area contributed by atoms with Gasteiger partial charge in [-0.05, 0) is 42.4 Å². The molecule has 4 atom stereocenters. The van der Waals surface area contributed by atoms with Crippen LogP contribution in [0.4, 0.5) is 0 Å². The molecule has 0 saturated heterocycles. The van der Waals surface area contributed by atoms with E-state index in [1.54, 1.807) is 0 Å². The molecule has 2 aliphatic carbocycles. The van der Waals surface area contributed by atoms with Crippen molar-refractivity contribution in [3.05, 3.63) is 11.6 Å². The lowest BCUT2D eigenvalue weighted by Gasteiger charge is -2.43. The highest BCUT2D eigenvalue weighted by Gasteiger charge is 2.47. The van der Waals surface area contributed by atoms with Crippen molar-refractivity contribution < 1.29 is 9.84 Å². The summed E-state index contributed by atoms with van der Waals surface area (Å²) in [5, 5.41) is 10.3. The molecular formula is C18H32O2. The number of hydrogen-bond donors (Lipinski definition) is 1. The monoisotopic (exact) mass is 280 g/mol. The summed E-state index contributed by atoms with van der Waals surface area (Å²) in [6.07, 6.45) is 6.70. The van der Waals surface area contributed by atoms with Gasteiger partial charge in [-0.1, -0.05) is 46.3 Å². The Morgan fingerprint density at radius 3 is 2.80 bits per heavy atom. The largest absolute Gasteiger partial charge is 0.393 e. The first-order chi connectivity index (χ1) is 9.24. The van der Waals surface area contributed by atoms with Crippen LogP contribution in [-0.4, -0.2) is 24.4 Å². The molecule has 2 aliphatic rings. The summed E-state index contributed by atoms with van der Waals surface area (Å²) >= 11 is 0. The fourth-order valence-electron chi connectivity index (χ4n) is 4.15. The third kappa shape index (κ3) is 3.28. The molecule has 116 valence electrons. The summed E-state index contributed by atoms with van der Waals surface area (Å²) in [6.45, 7) is 12.9. The standard InChI is InChI=1S/C18H32O2/c1-13(11-20-12-17(2,3)4)14-8-9-15-16(19)7-6-10-18(14,15)5/h8,13,15-16,19H,6-7,9-12H2,1-5H3/t13-,15+,16+,18-/m1/s1. The molecule has 1 N–H and O–H groups in total. The molecule has 0 unspecified atom stereocenters. The van der Waals surface area contributed by atoms with Gasteiger partial charge < -0.3 is 9.84 Å². The fourth-order valence-corrected chi connectivity index (χ4v) is 4.15. The minimum Gasteiger partial charge on any atom is -0.393 e. The molecule has 1 fully saturated rings. The molecule has 0 aliphatic heterocycles. The Hall–Kier alpha value is -0.340. The number of allylic oxidation sites excluding steroid dienone is 1. The second-order valence-electron chi connectivity index (χ2n) is 8.36. The van der Waals surface area contributed by atoms with Gasteiger partial charge in [-0.3, -0.25) is 0 Å². The van der Waals surface area contributed by atoms with Gasteiger partial charge in [0, 0.05) is 5.92 Å². The smallest absolute Gasteiger partial charge is 0.0579 e. The van der Waals surface area contributed by atoms with Gasteiger partial charge in [-0.2, -0.15) is 0 Å². The molecule has 0 aromatic carbocycles. The molecule has 20 heavy (non-hydrogen) atoms. The lowest BCUT2D eigenvalue weighted by molar-refractivity contribution is 0.00193. The molecule has 0 radical (unpaired) electrons. The maximum Gasteiger partial charge on any atom is 0.0579 e. The van der Waals surface area contributed by atoms with Crippen molar-refractivity contribution in [2.45, 2.75) is 66.4 Å². The van der Waals surface area contributed by atoms with Crippen molar-refractivity contribution in [3.8, 4) is 0 Å². The predicted octanol–water partition coefficient (Wildman–Crippen LogP) is 4.18. The SMILES string of the molecule is C[C@H](COCC(C)(C)C)C1=CC[C@H]2[C@@H](O)CCC[C@]12C. The van der Waals surface area contributed by atoms with E-state index in [1.807, 2.05) is 0 Å². The Morgan fingerprint density at radius 1 is 1.45 bits per heavy atom. The van der Waals surface area contributed by atoms with Gasteiger partial charge in [0.1, 0.15) is 0 Å². The maximum atomic E-state index is 10.3. The van der Waals surface area contributed by atoms with Gasteiger partial charge in [0.2, 0.25) is 0 Å². The first kappa shape index (κ1) is 16.0. The lowest BCUT2D eigenvalue weighted by Crippen LogP contribution is -2.39. The summed E-state index contributed by atoms with van der Waals surface area (Å²) in [5.41, 5.74) is 1.98. The van der Waals surface area contributed by atoms with Crippen molar-refractivity contribution in [1.82, 2.24) is 0 Å². The predicted molar refractivity (Wildman–Crippen MR) is 83.6 cm³/mol. The number of hydrogen-bond acceptors (Lipinski definition) is 2. The number of aliphatic hydroxyl groups is 1. The van der Waals surface area contributed by atoms with Gasteiger partial charge in [0.05, 0.1) is 19.3 Å². The first-order valence-corrected chi connectivity index (χ1v) is 8.20. The van der Waals surface area contributed by atoms with Gasteiger partial charge in [0.25, 0.3) is 0 Å². The Labute approximate surface area is 124 Å². The third-order valence-electron chi connectivity index (χ3n) is 5.16. The van der Waals surface area contributed by atoms with Crippen molar-refractivity contribution >= 4 is 0 Å². The van der Waals surface area contributed by atoms with E-state index >= 15 is 0 Å². The molecule has 2 nitrogen and oxygen atoms in total. The summed E-state index contributed by atoms with van der Waals surface area (Å²) < 4.78 is 5.92. The number of rotatable bonds is 4. The molecule has 2 heteroatoms. The third-order valence-corrected chi connectivity index (χ3v) is 5.16. The molecule has 1 saturated carbocycles. The molecule has 0 amide bonds. The molecule has 2 rings (SSSR count). The number of ether oxygens (including phenoxy) is 1. The second kappa shape index (κ2) is 5.81. The van der Waals surface area contributed by atoms with Crippen LogP contribution >= 0.6 is 0 Å². The fraction of sp³-hybridized carbons (Fsp3) is 0.889. The Bertz CT molecular complexity index is 366. The summed E-state index contributed by atoms with van der Waals surface area (Å²) in [5.74, 6) is 0.911. The molecule has 0 aromatic heterocycles. The van der Waals surface area contributed by atoms with E-state index in [0.29, 0.717) is 11.8 Å². The summed E-state index contributed by atoms with van der Waals surface area (Å²) in [4.78, 5) is 0. The van der Waals surface area contributed by atoms with Gasteiger partial charge in [-0.15, -0.1) is 0 Å². The van der Waals surface area contributed by atoms with Crippen LogP contribution in [0.15, 0.2) is 11.6 Å². The Kier molecular flexibility index (Phi) is 4.66. The minimum atomic E-state index is -0.106. The minimum absolute atomic E-state index is 0.106. The highest BCUT2D eigenvalue weighted by Crippen LogP contribution is 2.54. The number of fused-ring (bicyclic) bond motifs is 1. The van der Waals surface area contributed by atoms with Crippen LogP contribution in [-0.2, 0) is 4.74 Å². The zero-order chi connectivity index (χ0) is 15.0. The average Bonchev–Trinajstić information content (AvgIpc) is 2.66. The van der Waals surface area contributed by atoms with Crippen LogP contribution in [0.1, 0.15) is 60.3 Å². The topological polar surface area (TPSA) is 29.5 Å².